The van der Waals surface area contributed by atoms with Gasteiger partial charge in [0.05, 0.1) is 18.5 Å². The molecule has 0 aromatic heterocycles. The van der Waals surface area contributed by atoms with Gasteiger partial charge in [-0.1, -0.05) is 18.2 Å². The fraction of sp³-hybridized carbons (Fsp3) is 0.318. The molecule has 2 aromatic rings. The van der Waals surface area contributed by atoms with Crippen LogP contribution >= 0.6 is 0 Å². The number of rotatable bonds is 9. The fourth-order valence-electron chi connectivity index (χ4n) is 3.31. The topological polar surface area (TPSA) is 97.0 Å². The van der Waals surface area contributed by atoms with Gasteiger partial charge in [-0.25, -0.2) is 0 Å². The molecule has 0 atom stereocenters. The van der Waals surface area contributed by atoms with E-state index in [0.717, 1.165) is 0 Å². The summed E-state index contributed by atoms with van der Waals surface area (Å²) < 4.78 is 34.5. The maximum atomic E-state index is 12.6. The molecule has 1 heterocycles. The van der Waals surface area contributed by atoms with Crippen molar-refractivity contribution in [3.8, 4) is 11.5 Å². The van der Waals surface area contributed by atoms with E-state index < -0.39 is 6.61 Å². The van der Waals surface area contributed by atoms with Crippen molar-refractivity contribution in [2.75, 3.05) is 30.4 Å². The van der Waals surface area contributed by atoms with E-state index in [-0.39, 0.29) is 55.2 Å². The van der Waals surface area contributed by atoms with Crippen LogP contribution in [-0.2, 0) is 20.8 Å². The minimum Gasteiger partial charge on any atom is -0.493 e. The molecule has 8 nitrogen and oxygen atoms in total. The number of alkyl halides is 2. The van der Waals surface area contributed by atoms with Crippen molar-refractivity contribution < 1.29 is 32.6 Å². The van der Waals surface area contributed by atoms with Crippen LogP contribution < -0.4 is 25.0 Å². The lowest BCUT2D eigenvalue weighted by Gasteiger charge is -2.29. The Kier molecular flexibility index (Phi) is 7.58. The summed E-state index contributed by atoms with van der Waals surface area (Å²) in [6, 6.07) is 11.6. The second kappa shape index (κ2) is 10.6. The van der Waals surface area contributed by atoms with Crippen molar-refractivity contribution in [3.63, 3.8) is 0 Å². The van der Waals surface area contributed by atoms with Crippen LogP contribution in [0.2, 0.25) is 0 Å². The standard InChI is InChI=1S/C22H23F2N3O5/c1-31-17-7-6-14(12-18(17)32-22(23)24)10-11-25-19(28)8-9-21(30)27-13-20(29)26-15-4-2-3-5-16(15)27/h2-7,12,22H,8-11,13H2,1H3,(H,25,28)(H,26,29). The van der Waals surface area contributed by atoms with Crippen LogP contribution in [0.1, 0.15) is 18.4 Å². The molecule has 2 N–H and O–H groups in total. The molecule has 32 heavy (non-hydrogen) atoms. The quantitative estimate of drug-likeness (QED) is 0.616. The number of fused-ring (bicyclic) bond motifs is 1. The van der Waals surface area contributed by atoms with Gasteiger partial charge >= 0.3 is 6.61 Å². The van der Waals surface area contributed by atoms with Gasteiger partial charge in [-0.15, -0.1) is 0 Å². The Morgan fingerprint density at radius 1 is 1.16 bits per heavy atom. The van der Waals surface area contributed by atoms with Gasteiger partial charge < -0.3 is 25.0 Å². The van der Waals surface area contributed by atoms with Crippen molar-refractivity contribution >= 4 is 29.1 Å². The number of benzene rings is 2. The van der Waals surface area contributed by atoms with Crippen LogP contribution in [0.4, 0.5) is 20.2 Å². The molecule has 0 unspecified atom stereocenters. The van der Waals surface area contributed by atoms with Crippen LogP contribution in [0, 0.1) is 0 Å². The predicted octanol–water partition coefficient (Wildman–Crippen LogP) is 2.72. The molecular formula is C22H23F2N3O5. The van der Waals surface area contributed by atoms with Gasteiger partial charge in [-0.3, -0.25) is 14.4 Å². The van der Waals surface area contributed by atoms with Crippen molar-refractivity contribution in [3.05, 3.63) is 48.0 Å². The van der Waals surface area contributed by atoms with E-state index in [1.54, 1.807) is 30.3 Å². The Hall–Kier alpha value is -3.69. The number of carbonyl (C=O) groups excluding carboxylic acids is 3. The third kappa shape index (κ3) is 5.93. The molecule has 0 bridgehead atoms. The van der Waals surface area contributed by atoms with Gasteiger partial charge in [0.2, 0.25) is 17.7 Å². The first-order valence-electron chi connectivity index (χ1n) is 9.95. The zero-order chi connectivity index (χ0) is 23.1. The zero-order valence-electron chi connectivity index (χ0n) is 17.4. The van der Waals surface area contributed by atoms with Gasteiger partial charge in [-0.05, 0) is 36.2 Å². The summed E-state index contributed by atoms with van der Waals surface area (Å²) in [5, 5.41) is 5.40. The van der Waals surface area contributed by atoms with E-state index in [2.05, 4.69) is 15.4 Å². The van der Waals surface area contributed by atoms with E-state index in [4.69, 9.17) is 4.74 Å². The van der Waals surface area contributed by atoms with Gasteiger partial charge in [-0.2, -0.15) is 8.78 Å². The average Bonchev–Trinajstić information content (AvgIpc) is 2.76. The lowest BCUT2D eigenvalue weighted by atomic mass is 10.1. The molecule has 0 aliphatic carbocycles. The molecule has 0 saturated carbocycles. The number of anilines is 2. The maximum absolute atomic E-state index is 12.6. The van der Waals surface area contributed by atoms with Crippen LogP contribution in [0.15, 0.2) is 42.5 Å². The lowest BCUT2D eigenvalue weighted by Crippen LogP contribution is -2.42. The third-order valence-corrected chi connectivity index (χ3v) is 4.82. The van der Waals surface area contributed by atoms with E-state index in [9.17, 15) is 23.2 Å². The van der Waals surface area contributed by atoms with Crippen molar-refractivity contribution in [1.82, 2.24) is 5.32 Å². The van der Waals surface area contributed by atoms with E-state index in [0.29, 0.717) is 23.4 Å². The third-order valence-electron chi connectivity index (χ3n) is 4.82. The summed E-state index contributed by atoms with van der Waals surface area (Å²) in [5.41, 5.74) is 1.82. The second-order valence-electron chi connectivity index (χ2n) is 7.01. The zero-order valence-corrected chi connectivity index (χ0v) is 17.4. The number of amides is 3. The molecule has 3 rings (SSSR count). The highest BCUT2D eigenvalue weighted by Gasteiger charge is 2.26. The summed E-state index contributed by atoms with van der Waals surface area (Å²) in [6.07, 6.45) is 0.285. The molecule has 1 aliphatic heterocycles. The summed E-state index contributed by atoms with van der Waals surface area (Å²) >= 11 is 0. The normalized spacial score (nSPS) is 12.8. The molecule has 1 aliphatic rings. The number of methoxy groups -OCH3 is 1. The summed E-state index contributed by atoms with van der Waals surface area (Å²) in [6.45, 7) is -2.82. The average molecular weight is 447 g/mol. The number of halogens is 2. The number of nitrogens with one attached hydrogen (secondary N) is 2. The summed E-state index contributed by atoms with van der Waals surface area (Å²) in [4.78, 5) is 37.9. The van der Waals surface area contributed by atoms with E-state index in [1.807, 2.05) is 0 Å². The fourth-order valence-corrected chi connectivity index (χ4v) is 3.31. The van der Waals surface area contributed by atoms with Crippen LogP contribution in [-0.4, -0.2) is 44.5 Å². The first-order valence-corrected chi connectivity index (χ1v) is 9.95. The van der Waals surface area contributed by atoms with Crippen molar-refractivity contribution in [2.45, 2.75) is 25.9 Å². The monoisotopic (exact) mass is 447 g/mol. The minimum atomic E-state index is -2.98. The number of para-hydroxylation sites is 2. The highest BCUT2D eigenvalue weighted by atomic mass is 19.3. The highest BCUT2D eigenvalue weighted by Crippen LogP contribution is 2.30. The molecule has 170 valence electrons. The van der Waals surface area contributed by atoms with Crippen molar-refractivity contribution in [2.24, 2.45) is 0 Å². The summed E-state index contributed by atoms with van der Waals surface area (Å²) in [5.74, 6) is -0.847. The smallest absolute Gasteiger partial charge is 0.387 e. The first kappa shape index (κ1) is 23.0. The van der Waals surface area contributed by atoms with Gasteiger partial charge in [0, 0.05) is 19.4 Å². The molecular weight excluding hydrogens is 424 g/mol. The van der Waals surface area contributed by atoms with Crippen LogP contribution in [0.3, 0.4) is 0 Å². The first-order chi connectivity index (χ1) is 15.4. The Bertz CT molecular complexity index is 999. The minimum absolute atomic E-state index is 0.0402. The van der Waals surface area contributed by atoms with Gasteiger partial charge in [0.1, 0.15) is 6.54 Å². The van der Waals surface area contributed by atoms with Crippen LogP contribution in [0.5, 0.6) is 11.5 Å². The van der Waals surface area contributed by atoms with E-state index >= 15 is 0 Å². The molecule has 10 heteroatoms. The molecule has 0 saturated heterocycles. The van der Waals surface area contributed by atoms with Crippen molar-refractivity contribution in [1.29, 1.82) is 0 Å². The van der Waals surface area contributed by atoms with Gasteiger partial charge in [0.15, 0.2) is 11.5 Å². The van der Waals surface area contributed by atoms with E-state index in [1.165, 1.54) is 24.1 Å². The molecule has 3 amide bonds. The number of ether oxygens (including phenoxy) is 2. The Morgan fingerprint density at radius 2 is 1.94 bits per heavy atom. The summed E-state index contributed by atoms with van der Waals surface area (Å²) in [7, 11) is 1.35. The second-order valence-corrected chi connectivity index (χ2v) is 7.01. The SMILES string of the molecule is COc1ccc(CCNC(=O)CCC(=O)N2CC(=O)Nc3ccccc32)cc1OC(F)F. The van der Waals surface area contributed by atoms with Gasteiger partial charge in [0.25, 0.3) is 0 Å². The van der Waals surface area contributed by atoms with Crippen LogP contribution in [0.25, 0.3) is 0 Å². The Morgan fingerprint density at radius 3 is 2.69 bits per heavy atom. The number of nitrogens with zero attached hydrogens (tertiary/aromatic N) is 1. The Labute approximate surface area is 183 Å². The largest absolute Gasteiger partial charge is 0.493 e. The lowest BCUT2D eigenvalue weighted by molar-refractivity contribution is -0.125. The molecule has 0 fully saturated rings. The molecule has 2 aromatic carbocycles. The highest BCUT2D eigenvalue weighted by molar-refractivity contribution is 6.10. The predicted molar refractivity (Wildman–Crippen MR) is 113 cm³/mol. The molecule has 0 spiro atoms. The number of hydrogen-bond donors (Lipinski definition) is 2. The maximum Gasteiger partial charge on any atom is 0.387 e. The Balaban J connectivity index is 1.48. The molecule has 0 radical (unpaired) electrons. The number of hydrogen-bond acceptors (Lipinski definition) is 5. The number of carbonyl (C=O) groups is 3.